The first-order valence-electron chi connectivity index (χ1n) is 16.2. The van der Waals surface area contributed by atoms with Crippen LogP contribution >= 0.6 is 0 Å². The van der Waals surface area contributed by atoms with Gasteiger partial charge in [0.2, 0.25) is 5.91 Å². The number of rotatable bonds is 11. The van der Waals surface area contributed by atoms with Crippen LogP contribution in [0.2, 0.25) is 0 Å². The number of likely N-dealkylation sites (tertiary alicyclic amines) is 1. The Morgan fingerprint density at radius 2 is 1.82 bits per heavy atom. The summed E-state index contributed by atoms with van der Waals surface area (Å²) >= 11 is 0. The van der Waals surface area contributed by atoms with Crippen LogP contribution in [0.1, 0.15) is 67.7 Å². The van der Waals surface area contributed by atoms with E-state index in [4.69, 9.17) is 34.0 Å². The van der Waals surface area contributed by atoms with Crippen LogP contribution in [0.15, 0.2) is 5.11 Å². The van der Waals surface area contributed by atoms with Gasteiger partial charge in [0.25, 0.3) is 0 Å². The lowest BCUT2D eigenvalue weighted by atomic mass is 9.79. The van der Waals surface area contributed by atoms with Gasteiger partial charge in [0.15, 0.2) is 11.7 Å². The summed E-state index contributed by atoms with van der Waals surface area (Å²) < 4.78 is 34.4. The van der Waals surface area contributed by atoms with Crippen molar-refractivity contribution >= 4 is 29.9 Å². The van der Waals surface area contributed by atoms with E-state index >= 15 is 0 Å². The number of esters is 3. The Bertz CT molecular complexity index is 1300. The van der Waals surface area contributed by atoms with Crippen LogP contribution in [0.25, 0.3) is 10.4 Å². The van der Waals surface area contributed by atoms with Crippen molar-refractivity contribution in [3.63, 3.8) is 0 Å². The molecule has 0 saturated carbocycles. The molecule has 3 aliphatic heterocycles. The molecule has 0 aromatic rings. The number of carbonyl (C=O) groups is 5. The minimum Gasteiger partial charge on any atom is -0.467 e. The molecule has 0 aromatic heterocycles. The van der Waals surface area contributed by atoms with Crippen molar-refractivity contribution in [2.75, 3.05) is 53.0 Å². The fourth-order valence-electron chi connectivity index (χ4n) is 6.75. The first-order chi connectivity index (χ1) is 22.8. The molecule has 18 nitrogen and oxygen atoms in total. The molecule has 7 atom stereocenters. The van der Waals surface area contributed by atoms with E-state index in [1.165, 1.54) is 13.8 Å². The average molecular weight is 699 g/mol. The van der Waals surface area contributed by atoms with Crippen LogP contribution in [-0.2, 0) is 47.6 Å². The normalized spacial score (nSPS) is 29.2. The SMILES string of the molecule is COC(=O)[C@@]1(CCN2CCOC[C@]23CCN(C(=O)OC(C)(C)C)C3)C[C@H](OC(C)=O)[C@@H](NC(C)=O)[C@H]([C@H](OC(C)=O)C(C)(O)CN=[N+]=[N-])O1. The van der Waals surface area contributed by atoms with Crippen LogP contribution < -0.4 is 5.32 Å². The van der Waals surface area contributed by atoms with Gasteiger partial charge in [-0.05, 0) is 39.6 Å². The van der Waals surface area contributed by atoms with Gasteiger partial charge in [-0.15, -0.1) is 0 Å². The van der Waals surface area contributed by atoms with Crippen LogP contribution in [0.5, 0.6) is 0 Å². The molecule has 1 unspecified atom stereocenters. The lowest BCUT2D eigenvalue weighted by Gasteiger charge is -2.51. The highest BCUT2D eigenvalue weighted by Gasteiger charge is 2.59. The van der Waals surface area contributed by atoms with E-state index in [9.17, 15) is 29.1 Å². The average Bonchev–Trinajstić information content (AvgIpc) is 3.42. The summed E-state index contributed by atoms with van der Waals surface area (Å²) in [6.45, 7) is 11.6. The van der Waals surface area contributed by atoms with Crippen molar-refractivity contribution in [3.05, 3.63) is 10.4 Å². The van der Waals surface area contributed by atoms with Crippen LogP contribution in [0, 0.1) is 0 Å². The molecule has 3 aliphatic rings. The fourth-order valence-corrected chi connectivity index (χ4v) is 6.75. The molecule has 49 heavy (non-hydrogen) atoms. The van der Waals surface area contributed by atoms with Crippen molar-refractivity contribution in [3.8, 4) is 0 Å². The third-order valence-electron chi connectivity index (χ3n) is 8.87. The van der Waals surface area contributed by atoms with Gasteiger partial charge in [-0.3, -0.25) is 19.3 Å². The molecule has 3 fully saturated rings. The lowest BCUT2D eigenvalue weighted by Crippen LogP contribution is -2.70. The molecule has 3 heterocycles. The smallest absolute Gasteiger partial charge is 0.410 e. The van der Waals surface area contributed by atoms with E-state index in [0.29, 0.717) is 39.3 Å². The topological polar surface area (TPSA) is 228 Å². The standard InChI is InChI=1S/C31H50N6O12/c1-19(38)34-23-22(46-20(2)39)15-31(26(41)44-8,48-24(23)25(47-21(3)40)29(7,43)16-33-35-32)10-12-37-13-14-45-18-30(37)9-11-36(17-30)27(42)49-28(4,5)6/h22-25,43H,9-18H2,1-8H3,(H,34,38)/t22-,23+,24+,25-,29?,30+,31+/m0/s1. The first kappa shape index (κ1) is 39.7. The maximum absolute atomic E-state index is 13.8. The molecule has 3 saturated heterocycles. The van der Waals surface area contributed by atoms with Gasteiger partial charge < -0.3 is 43.7 Å². The zero-order valence-electron chi connectivity index (χ0n) is 29.6. The number of morpholine rings is 1. The monoisotopic (exact) mass is 698 g/mol. The lowest BCUT2D eigenvalue weighted by molar-refractivity contribution is -0.249. The molecular formula is C31H50N6O12. The second-order valence-corrected chi connectivity index (χ2v) is 14.1. The molecule has 18 heteroatoms. The molecular weight excluding hydrogens is 648 g/mol. The van der Waals surface area contributed by atoms with Crippen molar-refractivity contribution in [1.29, 1.82) is 0 Å². The van der Waals surface area contributed by atoms with Gasteiger partial charge in [-0.25, -0.2) is 9.59 Å². The number of hydrogen-bond acceptors (Lipinski definition) is 14. The van der Waals surface area contributed by atoms with Crippen molar-refractivity contribution in [1.82, 2.24) is 15.1 Å². The maximum atomic E-state index is 13.8. The molecule has 0 aliphatic carbocycles. The molecule has 276 valence electrons. The maximum Gasteiger partial charge on any atom is 0.410 e. The summed E-state index contributed by atoms with van der Waals surface area (Å²) in [6, 6.07) is -1.23. The molecule has 0 bridgehead atoms. The molecule has 3 rings (SSSR count). The summed E-state index contributed by atoms with van der Waals surface area (Å²) in [4.78, 5) is 70.4. The van der Waals surface area contributed by atoms with E-state index in [1.54, 1.807) is 25.7 Å². The number of amides is 2. The number of nitrogens with zero attached hydrogens (tertiary/aromatic N) is 5. The predicted molar refractivity (Wildman–Crippen MR) is 170 cm³/mol. The van der Waals surface area contributed by atoms with E-state index < -0.39 is 83.1 Å². The molecule has 2 amide bonds. The Kier molecular flexibility index (Phi) is 12.9. The van der Waals surface area contributed by atoms with Gasteiger partial charge in [0, 0.05) is 64.7 Å². The van der Waals surface area contributed by atoms with E-state index in [1.807, 2.05) is 0 Å². The van der Waals surface area contributed by atoms with Crippen LogP contribution in [0.3, 0.4) is 0 Å². The number of methoxy groups -OCH3 is 1. The Morgan fingerprint density at radius 3 is 2.39 bits per heavy atom. The Balaban J connectivity index is 2.05. The van der Waals surface area contributed by atoms with E-state index in [0.717, 1.165) is 21.0 Å². The Labute approximate surface area is 285 Å². The molecule has 0 aromatic carbocycles. The third-order valence-corrected chi connectivity index (χ3v) is 8.87. The number of carbonyl (C=O) groups excluding carboxylic acids is 5. The first-order valence-corrected chi connectivity index (χ1v) is 16.2. The summed E-state index contributed by atoms with van der Waals surface area (Å²) in [6.07, 6.45) is -4.56. The van der Waals surface area contributed by atoms with Crippen molar-refractivity contribution in [2.45, 2.75) is 114 Å². The minimum atomic E-state index is -2.08. The van der Waals surface area contributed by atoms with E-state index in [-0.39, 0.29) is 19.4 Å². The number of aliphatic hydroxyl groups is 1. The van der Waals surface area contributed by atoms with Gasteiger partial charge in [0.05, 0.1) is 38.4 Å². The molecule has 0 radical (unpaired) electrons. The quantitative estimate of drug-likeness (QED) is 0.102. The third kappa shape index (κ3) is 9.94. The van der Waals surface area contributed by atoms with Crippen LogP contribution in [-0.4, -0.2) is 145 Å². The van der Waals surface area contributed by atoms with E-state index in [2.05, 4.69) is 20.2 Å². The summed E-state index contributed by atoms with van der Waals surface area (Å²) in [7, 11) is 1.16. The largest absolute Gasteiger partial charge is 0.467 e. The highest BCUT2D eigenvalue weighted by Crippen LogP contribution is 2.41. The minimum absolute atomic E-state index is 0.0415. The predicted octanol–water partition coefficient (Wildman–Crippen LogP) is 1.22. The zero-order valence-corrected chi connectivity index (χ0v) is 29.6. The van der Waals surface area contributed by atoms with Gasteiger partial charge in [-0.1, -0.05) is 5.11 Å². The zero-order chi connectivity index (χ0) is 36.8. The Morgan fingerprint density at radius 1 is 1.12 bits per heavy atom. The summed E-state index contributed by atoms with van der Waals surface area (Å²) in [5.74, 6) is -2.98. The summed E-state index contributed by atoms with van der Waals surface area (Å²) in [5, 5.41) is 17.6. The van der Waals surface area contributed by atoms with Gasteiger partial charge >= 0.3 is 24.0 Å². The Hall–Kier alpha value is -3.70. The van der Waals surface area contributed by atoms with Gasteiger partial charge in [-0.2, -0.15) is 0 Å². The number of nitrogens with one attached hydrogen (secondary N) is 1. The van der Waals surface area contributed by atoms with Crippen LogP contribution in [0.4, 0.5) is 4.79 Å². The highest BCUT2D eigenvalue weighted by molar-refractivity contribution is 5.80. The number of azide groups is 1. The molecule has 2 N–H and O–H groups in total. The van der Waals surface area contributed by atoms with Gasteiger partial charge in [0.1, 0.15) is 23.4 Å². The van der Waals surface area contributed by atoms with Crippen molar-refractivity contribution in [2.24, 2.45) is 5.11 Å². The molecule has 1 spiro atoms. The summed E-state index contributed by atoms with van der Waals surface area (Å²) in [5.41, 5.74) is 3.75. The second-order valence-electron chi connectivity index (χ2n) is 14.1. The highest BCUT2D eigenvalue weighted by atomic mass is 16.6. The second kappa shape index (κ2) is 15.9. The number of hydrogen-bond donors (Lipinski definition) is 2. The van der Waals surface area contributed by atoms with Crippen molar-refractivity contribution < 1.29 is 57.5 Å². The number of ether oxygens (including phenoxy) is 6. The fraction of sp³-hybridized carbons (Fsp3) is 0.839.